The maximum absolute atomic E-state index is 13.1. The molecule has 3 atom stereocenters. The first kappa shape index (κ1) is 16.8. The fourth-order valence-corrected chi connectivity index (χ4v) is 4.36. The van der Waals surface area contributed by atoms with Crippen LogP contribution in [0, 0.1) is 5.92 Å². The predicted octanol–water partition coefficient (Wildman–Crippen LogP) is 6.84. The molecule has 1 heterocycles. The smallest absolute Gasteiger partial charge is 0.378 e. The van der Waals surface area contributed by atoms with E-state index in [4.69, 9.17) is 23.2 Å². The molecule has 0 radical (unpaired) electrons. The number of rotatable bonds is 1. The average molecular weight is 384 g/mol. The summed E-state index contributed by atoms with van der Waals surface area (Å²) in [6, 6.07) is 9.17. The minimum Gasteiger partial charge on any atom is -0.378 e. The number of alkyl halides is 3. The van der Waals surface area contributed by atoms with Crippen molar-refractivity contribution in [3.05, 3.63) is 75.3 Å². The molecule has 1 aliphatic carbocycles. The average Bonchev–Trinajstić information content (AvgIpc) is 3.03. The second-order valence-corrected chi connectivity index (χ2v) is 7.28. The molecule has 0 bridgehead atoms. The lowest BCUT2D eigenvalue weighted by atomic mass is 9.76. The van der Waals surface area contributed by atoms with Gasteiger partial charge >= 0.3 is 6.18 Å². The SMILES string of the molecule is FC(F)(F)c1ccc2c(c1)C1C=CCC1C(c1ccc(Cl)cc1Cl)N2. The van der Waals surface area contributed by atoms with Crippen molar-refractivity contribution < 1.29 is 13.2 Å². The van der Waals surface area contributed by atoms with Gasteiger partial charge in [0.05, 0.1) is 11.6 Å². The molecule has 1 N–H and O–H groups in total. The quantitative estimate of drug-likeness (QED) is 0.531. The lowest BCUT2D eigenvalue weighted by Gasteiger charge is -2.38. The van der Waals surface area contributed by atoms with Gasteiger partial charge in [0, 0.05) is 21.7 Å². The summed E-state index contributed by atoms with van der Waals surface area (Å²) < 4.78 is 39.2. The Hall–Kier alpha value is -1.65. The van der Waals surface area contributed by atoms with Gasteiger partial charge in [-0.05, 0) is 53.8 Å². The molecule has 0 fully saturated rings. The van der Waals surface area contributed by atoms with Gasteiger partial charge < -0.3 is 5.32 Å². The van der Waals surface area contributed by atoms with Crippen LogP contribution >= 0.6 is 23.2 Å². The summed E-state index contributed by atoms with van der Waals surface area (Å²) in [5, 5.41) is 4.51. The Balaban J connectivity index is 1.78. The molecule has 0 amide bonds. The van der Waals surface area contributed by atoms with E-state index in [-0.39, 0.29) is 17.9 Å². The summed E-state index contributed by atoms with van der Waals surface area (Å²) >= 11 is 12.4. The highest BCUT2D eigenvalue weighted by Crippen LogP contribution is 2.51. The van der Waals surface area contributed by atoms with Crippen LogP contribution in [0.4, 0.5) is 18.9 Å². The molecule has 0 saturated carbocycles. The zero-order chi connectivity index (χ0) is 17.8. The van der Waals surface area contributed by atoms with E-state index in [1.165, 1.54) is 12.1 Å². The normalized spacial score (nSPS) is 24.6. The maximum Gasteiger partial charge on any atom is 0.416 e. The zero-order valence-electron chi connectivity index (χ0n) is 12.9. The highest BCUT2D eigenvalue weighted by atomic mass is 35.5. The van der Waals surface area contributed by atoms with Crippen molar-refractivity contribution in [1.29, 1.82) is 0 Å². The third-order valence-corrected chi connectivity index (χ3v) is 5.55. The highest BCUT2D eigenvalue weighted by Gasteiger charge is 2.40. The summed E-state index contributed by atoms with van der Waals surface area (Å²) in [6.07, 6.45) is 0.477. The lowest BCUT2D eigenvalue weighted by Crippen LogP contribution is -2.29. The fraction of sp³-hybridized carbons (Fsp3) is 0.263. The van der Waals surface area contributed by atoms with Crippen LogP contribution in [0.2, 0.25) is 10.0 Å². The van der Waals surface area contributed by atoms with Crippen molar-refractivity contribution in [3.63, 3.8) is 0 Å². The molecular weight excluding hydrogens is 370 g/mol. The molecule has 6 heteroatoms. The van der Waals surface area contributed by atoms with E-state index >= 15 is 0 Å². The summed E-state index contributed by atoms with van der Waals surface area (Å²) in [5.74, 6) is 0.0601. The van der Waals surface area contributed by atoms with E-state index < -0.39 is 11.7 Å². The van der Waals surface area contributed by atoms with Crippen LogP contribution in [0.15, 0.2) is 48.6 Å². The van der Waals surface area contributed by atoms with Crippen LogP contribution in [-0.2, 0) is 6.18 Å². The molecule has 3 unspecified atom stereocenters. The monoisotopic (exact) mass is 383 g/mol. The number of allylic oxidation sites excluding steroid dienone is 2. The van der Waals surface area contributed by atoms with Crippen molar-refractivity contribution in [2.24, 2.45) is 5.92 Å². The Bertz CT molecular complexity index is 860. The van der Waals surface area contributed by atoms with E-state index in [0.29, 0.717) is 15.6 Å². The predicted molar refractivity (Wildman–Crippen MR) is 94.3 cm³/mol. The van der Waals surface area contributed by atoms with E-state index in [0.717, 1.165) is 23.7 Å². The lowest BCUT2D eigenvalue weighted by molar-refractivity contribution is -0.137. The Morgan fingerprint density at radius 2 is 1.80 bits per heavy atom. The number of hydrogen-bond acceptors (Lipinski definition) is 1. The van der Waals surface area contributed by atoms with Gasteiger partial charge in [-0.3, -0.25) is 0 Å². The van der Waals surface area contributed by atoms with Crippen LogP contribution < -0.4 is 5.32 Å². The molecule has 25 heavy (non-hydrogen) atoms. The summed E-state index contributed by atoms with van der Waals surface area (Å²) in [6.45, 7) is 0. The minimum atomic E-state index is -4.34. The second-order valence-electron chi connectivity index (χ2n) is 6.44. The first-order valence-electron chi connectivity index (χ1n) is 7.94. The van der Waals surface area contributed by atoms with Gasteiger partial charge in [-0.15, -0.1) is 0 Å². The molecule has 0 spiro atoms. The van der Waals surface area contributed by atoms with Gasteiger partial charge in [-0.25, -0.2) is 0 Å². The zero-order valence-corrected chi connectivity index (χ0v) is 14.5. The minimum absolute atomic E-state index is 0.0599. The van der Waals surface area contributed by atoms with Gasteiger partial charge in [0.25, 0.3) is 0 Å². The van der Waals surface area contributed by atoms with Gasteiger partial charge in [0.15, 0.2) is 0 Å². The largest absolute Gasteiger partial charge is 0.416 e. The Kier molecular flexibility index (Phi) is 4.00. The van der Waals surface area contributed by atoms with Crippen molar-refractivity contribution in [1.82, 2.24) is 0 Å². The van der Waals surface area contributed by atoms with E-state index in [1.54, 1.807) is 12.1 Å². The third kappa shape index (κ3) is 2.91. The number of anilines is 1. The molecule has 2 aromatic rings. The molecule has 0 aromatic heterocycles. The van der Waals surface area contributed by atoms with Crippen LogP contribution in [0.5, 0.6) is 0 Å². The summed E-state index contributed by atoms with van der Waals surface area (Å²) in [5.41, 5.74) is 1.71. The Morgan fingerprint density at radius 1 is 1.00 bits per heavy atom. The molecular formula is C19H14Cl2F3N. The van der Waals surface area contributed by atoms with Crippen molar-refractivity contribution in [2.75, 3.05) is 5.32 Å². The van der Waals surface area contributed by atoms with Gasteiger partial charge in [-0.2, -0.15) is 13.2 Å². The standard InChI is InChI=1S/C19H14Cl2F3N/c20-11-5-6-14(16(21)9-11)18-13-3-1-2-12(13)15-8-10(19(22,23)24)4-7-17(15)25-18/h1-2,4-9,12-13,18,25H,3H2. The fourth-order valence-electron chi connectivity index (χ4n) is 3.83. The molecule has 1 aliphatic heterocycles. The van der Waals surface area contributed by atoms with E-state index in [2.05, 4.69) is 5.32 Å². The van der Waals surface area contributed by atoms with Gasteiger partial charge in [0.1, 0.15) is 0 Å². The Labute approximate surface area is 153 Å². The molecule has 0 saturated heterocycles. The molecule has 2 aliphatic rings. The maximum atomic E-state index is 13.1. The topological polar surface area (TPSA) is 12.0 Å². The highest BCUT2D eigenvalue weighted by molar-refractivity contribution is 6.35. The molecule has 2 aromatic carbocycles. The van der Waals surface area contributed by atoms with Crippen LogP contribution in [0.25, 0.3) is 0 Å². The molecule has 1 nitrogen and oxygen atoms in total. The van der Waals surface area contributed by atoms with Gasteiger partial charge in [-0.1, -0.05) is 41.4 Å². The van der Waals surface area contributed by atoms with Crippen molar-refractivity contribution >= 4 is 28.9 Å². The number of hydrogen-bond donors (Lipinski definition) is 1. The second kappa shape index (κ2) is 5.96. The summed E-state index contributed by atoms with van der Waals surface area (Å²) in [7, 11) is 0. The first-order valence-corrected chi connectivity index (χ1v) is 8.69. The van der Waals surface area contributed by atoms with E-state index in [1.807, 2.05) is 18.2 Å². The molecule has 4 rings (SSSR count). The first-order chi connectivity index (χ1) is 11.8. The molecule has 130 valence electrons. The van der Waals surface area contributed by atoms with Crippen LogP contribution in [0.1, 0.15) is 35.1 Å². The van der Waals surface area contributed by atoms with Crippen LogP contribution in [-0.4, -0.2) is 0 Å². The number of fused-ring (bicyclic) bond motifs is 3. The van der Waals surface area contributed by atoms with Crippen molar-refractivity contribution in [2.45, 2.75) is 24.6 Å². The van der Waals surface area contributed by atoms with Crippen LogP contribution in [0.3, 0.4) is 0 Å². The van der Waals surface area contributed by atoms with Crippen molar-refractivity contribution in [3.8, 4) is 0 Å². The third-order valence-electron chi connectivity index (χ3n) is 4.99. The van der Waals surface area contributed by atoms with E-state index in [9.17, 15) is 13.2 Å². The Morgan fingerprint density at radius 3 is 2.52 bits per heavy atom. The summed E-state index contributed by atoms with van der Waals surface area (Å²) in [4.78, 5) is 0. The number of halogens is 5. The number of nitrogens with one attached hydrogen (secondary N) is 1. The van der Waals surface area contributed by atoms with Gasteiger partial charge in [0.2, 0.25) is 0 Å². The number of benzene rings is 2.